The molecule has 2 aliphatic heterocycles. The SMILES string of the molecule is CN1C2CC[C@@H]1C[C@H](C1CCC(Cl)CC1)C2CNc1ccc([N+](=O)[O-])c2nonc12. The molecule has 3 heterocycles. The van der Waals surface area contributed by atoms with E-state index in [-0.39, 0.29) is 11.2 Å². The number of nitrogens with one attached hydrogen (secondary N) is 1. The van der Waals surface area contributed by atoms with Crippen molar-refractivity contribution in [2.24, 2.45) is 17.8 Å². The molecule has 3 aliphatic rings. The molecule has 4 atom stereocenters. The zero-order chi connectivity index (χ0) is 20.8. The average molecular weight is 434 g/mol. The summed E-state index contributed by atoms with van der Waals surface area (Å²) in [7, 11) is 2.27. The molecule has 9 heteroatoms. The van der Waals surface area contributed by atoms with Gasteiger partial charge in [-0.3, -0.25) is 10.1 Å². The van der Waals surface area contributed by atoms with Gasteiger partial charge in [-0.15, -0.1) is 11.6 Å². The largest absolute Gasteiger partial charge is 0.383 e. The molecule has 1 aromatic carbocycles. The van der Waals surface area contributed by atoms with Crippen molar-refractivity contribution in [3.63, 3.8) is 0 Å². The first kappa shape index (κ1) is 20.0. The molecule has 1 saturated carbocycles. The zero-order valence-electron chi connectivity index (χ0n) is 17.2. The fraction of sp³-hybridized carbons (Fsp3) is 0.714. The van der Waals surface area contributed by atoms with E-state index in [1.54, 1.807) is 6.07 Å². The van der Waals surface area contributed by atoms with Gasteiger partial charge in [0.15, 0.2) is 5.52 Å². The van der Waals surface area contributed by atoms with Gasteiger partial charge in [0.2, 0.25) is 5.52 Å². The molecule has 3 fully saturated rings. The Kier molecular flexibility index (Phi) is 5.31. The van der Waals surface area contributed by atoms with Crippen LogP contribution in [0.5, 0.6) is 0 Å². The molecule has 2 unspecified atom stereocenters. The summed E-state index contributed by atoms with van der Waals surface area (Å²) < 4.78 is 4.82. The third-order valence-corrected chi connectivity index (χ3v) is 8.35. The minimum absolute atomic E-state index is 0.0801. The van der Waals surface area contributed by atoms with Crippen LogP contribution in [0, 0.1) is 27.9 Å². The van der Waals surface area contributed by atoms with E-state index in [2.05, 4.69) is 27.6 Å². The van der Waals surface area contributed by atoms with Crippen LogP contribution in [-0.4, -0.2) is 51.2 Å². The molecule has 2 bridgehead atoms. The van der Waals surface area contributed by atoms with Crippen molar-refractivity contribution in [1.29, 1.82) is 0 Å². The van der Waals surface area contributed by atoms with Gasteiger partial charge in [0.05, 0.1) is 10.6 Å². The third kappa shape index (κ3) is 3.43. The number of rotatable bonds is 5. The summed E-state index contributed by atoms with van der Waals surface area (Å²) in [5, 5.41) is 22.8. The van der Waals surface area contributed by atoms with Gasteiger partial charge in [-0.1, -0.05) is 0 Å². The maximum Gasteiger partial charge on any atom is 0.300 e. The molecular weight excluding hydrogens is 406 g/mol. The normalized spacial score (nSPS) is 34.3. The molecule has 1 aliphatic carbocycles. The lowest BCUT2D eigenvalue weighted by Gasteiger charge is -2.47. The number of alkyl halides is 1. The highest BCUT2D eigenvalue weighted by Gasteiger charge is 2.47. The number of piperidine rings is 1. The Bertz CT molecular complexity index is 929. The van der Waals surface area contributed by atoms with Gasteiger partial charge in [-0.2, -0.15) is 0 Å². The van der Waals surface area contributed by atoms with E-state index in [0.717, 1.165) is 31.0 Å². The number of benzene rings is 1. The second-order valence-corrected chi connectivity index (χ2v) is 9.89. The fourth-order valence-corrected chi connectivity index (χ4v) is 6.58. The molecule has 2 aromatic rings. The van der Waals surface area contributed by atoms with Crippen LogP contribution in [0.1, 0.15) is 44.9 Å². The van der Waals surface area contributed by atoms with Gasteiger partial charge in [0.1, 0.15) is 0 Å². The highest BCUT2D eigenvalue weighted by atomic mass is 35.5. The highest BCUT2D eigenvalue weighted by Crippen LogP contribution is 2.48. The Labute approximate surface area is 180 Å². The van der Waals surface area contributed by atoms with Crippen molar-refractivity contribution in [3.05, 3.63) is 22.2 Å². The fourth-order valence-electron chi connectivity index (χ4n) is 6.32. The first-order valence-corrected chi connectivity index (χ1v) is 11.5. The van der Waals surface area contributed by atoms with Gasteiger partial charge in [0.25, 0.3) is 0 Å². The van der Waals surface area contributed by atoms with Crippen molar-refractivity contribution in [1.82, 2.24) is 15.2 Å². The number of non-ortho nitro benzene ring substituents is 1. The standard InChI is InChI=1S/C21H28ClN5O3/c1-26-14-6-8-18(26)16(15(10-14)12-2-4-13(22)5-3-12)11-23-17-7-9-19(27(28)29)21-20(17)24-30-25-21/h7,9,12-16,18,23H,2-6,8,10-11H2,1H3/t12?,13?,14-,15-,16?,18?/m1/s1. The van der Waals surface area contributed by atoms with Crippen molar-refractivity contribution in [2.75, 3.05) is 18.9 Å². The van der Waals surface area contributed by atoms with Gasteiger partial charge >= 0.3 is 5.69 Å². The summed E-state index contributed by atoms with van der Waals surface area (Å²) in [5.41, 5.74) is 1.30. The van der Waals surface area contributed by atoms with Crippen molar-refractivity contribution < 1.29 is 9.55 Å². The number of aromatic nitrogens is 2. The van der Waals surface area contributed by atoms with E-state index >= 15 is 0 Å². The van der Waals surface area contributed by atoms with Crippen molar-refractivity contribution >= 4 is 34.0 Å². The lowest BCUT2D eigenvalue weighted by molar-refractivity contribution is -0.383. The number of hydrogen-bond acceptors (Lipinski definition) is 7. The topological polar surface area (TPSA) is 97.3 Å². The minimum atomic E-state index is -0.450. The van der Waals surface area contributed by atoms with Gasteiger partial charge in [-0.05, 0) is 86.1 Å². The van der Waals surface area contributed by atoms with E-state index in [1.165, 1.54) is 38.2 Å². The molecule has 30 heavy (non-hydrogen) atoms. The quantitative estimate of drug-likeness (QED) is 0.422. The molecule has 0 spiro atoms. The number of fused-ring (bicyclic) bond motifs is 3. The highest BCUT2D eigenvalue weighted by molar-refractivity contribution is 6.20. The molecule has 0 radical (unpaired) electrons. The van der Waals surface area contributed by atoms with E-state index in [4.69, 9.17) is 16.2 Å². The van der Waals surface area contributed by atoms with E-state index in [1.807, 2.05) is 0 Å². The Morgan fingerprint density at radius 3 is 2.73 bits per heavy atom. The predicted octanol–water partition coefficient (Wildman–Crippen LogP) is 4.44. The van der Waals surface area contributed by atoms with Crippen LogP contribution in [0.4, 0.5) is 11.4 Å². The van der Waals surface area contributed by atoms with Crippen LogP contribution in [0.15, 0.2) is 16.8 Å². The summed E-state index contributed by atoms with van der Waals surface area (Å²) in [6.45, 7) is 0.826. The molecule has 8 nitrogen and oxygen atoms in total. The number of halogens is 1. The average Bonchev–Trinajstić information content (AvgIpc) is 3.30. The van der Waals surface area contributed by atoms with Crippen LogP contribution in [0.2, 0.25) is 0 Å². The van der Waals surface area contributed by atoms with Gasteiger partial charge in [-0.25, -0.2) is 4.63 Å². The van der Waals surface area contributed by atoms with Crippen LogP contribution in [0.25, 0.3) is 11.0 Å². The maximum atomic E-state index is 11.3. The number of nitro benzene ring substituents is 1. The van der Waals surface area contributed by atoms with E-state index in [0.29, 0.717) is 34.8 Å². The smallest absolute Gasteiger partial charge is 0.300 e. The molecular formula is C21H28ClN5O3. The lowest BCUT2D eigenvalue weighted by atomic mass is 9.68. The second kappa shape index (κ2) is 7.96. The summed E-state index contributed by atoms with van der Waals surface area (Å²) in [6, 6.07) is 4.49. The van der Waals surface area contributed by atoms with Crippen molar-refractivity contribution in [3.8, 4) is 0 Å². The molecule has 2 saturated heterocycles. The summed E-state index contributed by atoms with van der Waals surface area (Å²) in [4.78, 5) is 13.4. The Morgan fingerprint density at radius 2 is 1.97 bits per heavy atom. The van der Waals surface area contributed by atoms with Crippen LogP contribution in [0.3, 0.4) is 0 Å². The van der Waals surface area contributed by atoms with Crippen LogP contribution < -0.4 is 5.32 Å². The number of anilines is 1. The summed E-state index contributed by atoms with van der Waals surface area (Å²) >= 11 is 6.38. The maximum absolute atomic E-state index is 11.3. The Morgan fingerprint density at radius 1 is 1.20 bits per heavy atom. The van der Waals surface area contributed by atoms with Crippen molar-refractivity contribution in [2.45, 2.75) is 62.4 Å². The predicted molar refractivity (Wildman–Crippen MR) is 115 cm³/mol. The third-order valence-electron chi connectivity index (χ3n) is 7.91. The van der Waals surface area contributed by atoms with Crippen LogP contribution in [-0.2, 0) is 0 Å². The first-order valence-electron chi connectivity index (χ1n) is 11.0. The molecule has 1 aromatic heterocycles. The number of hydrogen-bond donors (Lipinski definition) is 1. The second-order valence-electron chi connectivity index (χ2n) is 9.27. The molecule has 0 amide bonds. The number of nitrogens with zero attached hydrogens (tertiary/aromatic N) is 4. The zero-order valence-corrected chi connectivity index (χ0v) is 17.9. The Balaban J connectivity index is 1.38. The minimum Gasteiger partial charge on any atom is -0.383 e. The molecule has 162 valence electrons. The van der Waals surface area contributed by atoms with Gasteiger partial charge in [0, 0.05) is 30.1 Å². The Hall–Kier alpha value is -1.93. The summed E-state index contributed by atoms with van der Waals surface area (Å²) in [6.07, 6.45) is 8.51. The van der Waals surface area contributed by atoms with E-state index < -0.39 is 4.92 Å². The van der Waals surface area contributed by atoms with Crippen LogP contribution >= 0.6 is 11.6 Å². The molecule has 5 rings (SSSR count). The summed E-state index contributed by atoms with van der Waals surface area (Å²) in [5.74, 6) is 1.98. The monoisotopic (exact) mass is 433 g/mol. The van der Waals surface area contributed by atoms with Gasteiger partial charge < -0.3 is 10.2 Å². The molecule has 1 N–H and O–H groups in total. The lowest BCUT2D eigenvalue weighted by Crippen LogP contribution is -2.51. The first-order chi connectivity index (χ1) is 14.5. The number of nitro groups is 1. The van der Waals surface area contributed by atoms with E-state index in [9.17, 15) is 10.1 Å².